The van der Waals surface area contributed by atoms with E-state index in [-0.39, 0.29) is 33.8 Å². The van der Waals surface area contributed by atoms with Gasteiger partial charge in [-0.3, -0.25) is 14.4 Å². The maximum absolute atomic E-state index is 15.4. The van der Waals surface area contributed by atoms with Crippen molar-refractivity contribution < 1.29 is 19.0 Å². The van der Waals surface area contributed by atoms with Gasteiger partial charge in [0, 0.05) is 23.4 Å². The van der Waals surface area contributed by atoms with E-state index in [4.69, 9.17) is 25.2 Å². The number of nitrogens with zero attached hydrogens (tertiary/aromatic N) is 5. The number of allylic oxidation sites excluding steroid dienone is 2. The molecule has 2 heterocycles. The van der Waals surface area contributed by atoms with Gasteiger partial charge in [0.25, 0.3) is 5.56 Å². The number of aryl methyl sites for hydroxylation is 1. The quantitative estimate of drug-likeness (QED) is 0.188. The molecule has 190 valence electrons. The number of aromatic nitrogens is 4. The Kier molecular flexibility index (Phi) is 7.18. The SMILES string of the molecule is [B]C(O)(O)n1ncc(C2CC2c2cc(C)n(/C=C(F)/C(=N/C=C/C)c3cccc(N)c3F)c(=O)c2Cl)n1. The minimum absolute atomic E-state index is 0.117. The first-order valence-electron chi connectivity index (χ1n) is 11.1. The number of aliphatic imine (C=N–C) groups is 1. The number of nitrogen functional groups attached to an aromatic ring is 1. The van der Waals surface area contributed by atoms with Gasteiger partial charge < -0.3 is 15.9 Å². The average Bonchev–Trinajstić information content (AvgIpc) is 3.46. The van der Waals surface area contributed by atoms with Gasteiger partial charge in [0.05, 0.1) is 23.8 Å². The van der Waals surface area contributed by atoms with Crippen LogP contribution in [-0.2, 0) is 5.81 Å². The molecule has 1 aliphatic carbocycles. The molecule has 1 aromatic carbocycles. The van der Waals surface area contributed by atoms with Crippen molar-refractivity contribution in [3.8, 4) is 0 Å². The fourth-order valence-corrected chi connectivity index (χ4v) is 4.25. The highest BCUT2D eigenvalue weighted by Gasteiger charge is 2.43. The summed E-state index contributed by atoms with van der Waals surface area (Å²) in [6.45, 7) is 3.26. The second-order valence-corrected chi connectivity index (χ2v) is 8.95. The zero-order valence-corrected chi connectivity index (χ0v) is 20.6. The lowest BCUT2D eigenvalue weighted by Crippen LogP contribution is -2.35. The number of halogens is 3. The van der Waals surface area contributed by atoms with E-state index in [0.29, 0.717) is 28.2 Å². The van der Waals surface area contributed by atoms with Crippen LogP contribution in [0, 0.1) is 12.7 Å². The predicted molar refractivity (Wildman–Crippen MR) is 136 cm³/mol. The highest BCUT2D eigenvalue weighted by Crippen LogP contribution is 2.55. The number of anilines is 1. The summed E-state index contributed by atoms with van der Waals surface area (Å²) in [5.74, 6) is -4.92. The van der Waals surface area contributed by atoms with Crippen molar-refractivity contribution in [2.75, 3.05) is 5.73 Å². The maximum Gasteiger partial charge on any atom is 0.273 e. The summed E-state index contributed by atoms with van der Waals surface area (Å²) in [4.78, 5) is 17.7. The van der Waals surface area contributed by atoms with Gasteiger partial charge in [0.15, 0.2) is 19.5 Å². The maximum atomic E-state index is 15.4. The van der Waals surface area contributed by atoms with Crippen LogP contribution in [0.2, 0.25) is 5.02 Å². The summed E-state index contributed by atoms with van der Waals surface area (Å²) in [5.41, 5.74) is 5.63. The van der Waals surface area contributed by atoms with E-state index in [1.807, 2.05) is 0 Å². The molecule has 1 fully saturated rings. The van der Waals surface area contributed by atoms with E-state index in [9.17, 15) is 19.4 Å². The minimum atomic E-state index is -2.74. The van der Waals surface area contributed by atoms with Gasteiger partial charge in [-0.25, -0.2) is 8.78 Å². The molecular weight excluding hydrogens is 505 g/mol. The number of pyridine rings is 1. The van der Waals surface area contributed by atoms with Crippen LogP contribution in [0.25, 0.3) is 6.20 Å². The fraction of sp³-hybridized carbons (Fsp3) is 0.250. The van der Waals surface area contributed by atoms with Gasteiger partial charge >= 0.3 is 0 Å². The molecule has 1 saturated carbocycles. The van der Waals surface area contributed by atoms with Gasteiger partial charge in [0.2, 0.25) is 5.81 Å². The molecule has 9 nitrogen and oxygen atoms in total. The van der Waals surface area contributed by atoms with E-state index < -0.39 is 23.0 Å². The molecule has 13 heteroatoms. The normalized spacial score (nSPS) is 18.6. The van der Waals surface area contributed by atoms with Crippen LogP contribution in [-0.4, -0.2) is 43.3 Å². The molecule has 0 bridgehead atoms. The van der Waals surface area contributed by atoms with Crippen LogP contribution in [0.1, 0.15) is 47.7 Å². The molecule has 4 N–H and O–H groups in total. The predicted octanol–water partition coefficient (Wildman–Crippen LogP) is 2.91. The summed E-state index contributed by atoms with van der Waals surface area (Å²) in [7, 11) is 5.17. The molecule has 2 unspecified atom stereocenters. The largest absolute Gasteiger partial charge is 0.396 e. The number of aliphatic hydroxyl groups is 2. The molecule has 0 aliphatic heterocycles. The molecule has 0 saturated heterocycles. The van der Waals surface area contributed by atoms with Crippen molar-refractivity contribution in [2.45, 2.75) is 37.9 Å². The summed E-state index contributed by atoms with van der Waals surface area (Å²) < 4.78 is 31.1. The summed E-state index contributed by atoms with van der Waals surface area (Å²) >= 11 is 6.40. The first-order chi connectivity index (χ1) is 17.4. The van der Waals surface area contributed by atoms with Crippen LogP contribution in [0.4, 0.5) is 14.5 Å². The zero-order chi connectivity index (χ0) is 27.1. The Labute approximate surface area is 216 Å². The Morgan fingerprint density at radius 3 is 2.76 bits per heavy atom. The van der Waals surface area contributed by atoms with Gasteiger partial charge in [-0.2, -0.15) is 10.2 Å². The van der Waals surface area contributed by atoms with Crippen molar-refractivity contribution in [1.82, 2.24) is 19.6 Å². The standard InChI is InChI=1S/C24H22BClF2N6O3/c1-3-7-30-22(13-5-4-6-18(29)21(13)28)17(27)11-33-12(2)8-16(20(26)23(33)35)14-9-15(14)19-10-31-34(32-19)24(25,36)37/h3-8,10-11,14-15,36-37H,9,29H2,1-2H3/b7-3+,17-11-,30-22+. The van der Waals surface area contributed by atoms with E-state index in [1.54, 1.807) is 26.0 Å². The van der Waals surface area contributed by atoms with E-state index in [2.05, 4.69) is 15.2 Å². The third kappa shape index (κ3) is 5.26. The molecule has 2 radical (unpaired) electrons. The second kappa shape index (κ2) is 10.0. The second-order valence-electron chi connectivity index (χ2n) is 8.57. The van der Waals surface area contributed by atoms with Crippen LogP contribution >= 0.6 is 11.6 Å². The minimum Gasteiger partial charge on any atom is -0.396 e. The Bertz CT molecular complexity index is 1510. The lowest BCUT2D eigenvalue weighted by molar-refractivity contribution is -0.169. The average molecular weight is 527 g/mol. The van der Waals surface area contributed by atoms with E-state index in [0.717, 1.165) is 10.8 Å². The van der Waals surface area contributed by atoms with Crippen LogP contribution in [0.5, 0.6) is 0 Å². The van der Waals surface area contributed by atoms with Gasteiger partial charge in [-0.05, 0) is 49.9 Å². The van der Waals surface area contributed by atoms with Crippen molar-refractivity contribution in [3.05, 3.63) is 92.3 Å². The topological polar surface area (TPSA) is 132 Å². The molecule has 0 spiro atoms. The van der Waals surface area contributed by atoms with Gasteiger partial charge in [-0.1, -0.05) is 23.7 Å². The first-order valence-corrected chi connectivity index (χ1v) is 11.5. The Balaban J connectivity index is 1.69. The fourth-order valence-electron chi connectivity index (χ4n) is 3.96. The van der Waals surface area contributed by atoms with Crippen LogP contribution in [0.15, 0.2) is 58.4 Å². The van der Waals surface area contributed by atoms with E-state index >= 15 is 4.39 Å². The molecule has 3 aromatic rings. The number of nitrogens with two attached hydrogens (primary N) is 1. The Morgan fingerprint density at radius 2 is 2.11 bits per heavy atom. The molecule has 2 aromatic heterocycles. The van der Waals surface area contributed by atoms with Gasteiger partial charge in [0.1, 0.15) is 10.7 Å². The van der Waals surface area contributed by atoms with Crippen LogP contribution < -0.4 is 11.3 Å². The monoisotopic (exact) mass is 526 g/mol. The zero-order valence-electron chi connectivity index (χ0n) is 19.8. The molecular formula is C24H22BClF2N6O3. The van der Waals surface area contributed by atoms with E-state index in [1.165, 1.54) is 30.6 Å². The third-order valence-corrected chi connectivity index (χ3v) is 6.26. The highest BCUT2D eigenvalue weighted by atomic mass is 35.5. The smallest absolute Gasteiger partial charge is 0.273 e. The molecule has 37 heavy (non-hydrogen) atoms. The number of hydrogen-bond donors (Lipinski definition) is 3. The third-order valence-electron chi connectivity index (χ3n) is 5.88. The summed E-state index contributed by atoms with van der Waals surface area (Å²) in [5, 5.41) is 26.4. The molecule has 1 aliphatic rings. The highest BCUT2D eigenvalue weighted by molar-refractivity contribution is 6.31. The summed E-state index contributed by atoms with van der Waals surface area (Å²) in [6.07, 6.45) is 5.66. The van der Waals surface area contributed by atoms with Crippen molar-refractivity contribution in [1.29, 1.82) is 0 Å². The Morgan fingerprint density at radius 1 is 1.38 bits per heavy atom. The van der Waals surface area contributed by atoms with Crippen molar-refractivity contribution in [3.63, 3.8) is 0 Å². The van der Waals surface area contributed by atoms with Gasteiger partial charge in [-0.15, -0.1) is 4.80 Å². The number of rotatable bonds is 7. The summed E-state index contributed by atoms with van der Waals surface area (Å²) in [6, 6.07) is 5.79. The van der Waals surface area contributed by atoms with Crippen molar-refractivity contribution >= 4 is 37.0 Å². The molecule has 0 amide bonds. The number of benzene rings is 1. The Hall–Kier alpha value is -3.61. The molecule has 2 atom stereocenters. The number of hydrogen-bond acceptors (Lipinski definition) is 7. The van der Waals surface area contributed by atoms with Crippen molar-refractivity contribution in [2.24, 2.45) is 4.99 Å². The first kappa shape index (κ1) is 26.5. The lowest BCUT2D eigenvalue weighted by atomic mass is 10.1. The molecule has 4 rings (SSSR count). The lowest BCUT2D eigenvalue weighted by Gasteiger charge is -2.14. The van der Waals surface area contributed by atoms with Crippen LogP contribution in [0.3, 0.4) is 0 Å².